The second-order valence-corrected chi connectivity index (χ2v) is 5.86. The van der Waals surface area contributed by atoms with Crippen molar-refractivity contribution in [2.24, 2.45) is 11.1 Å². The third-order valence-electron chi connectivity index (χ3n) is 3.42. The zero-order chi connectivity index (χ0) is 12.6. The van der Waals surface area contributed by atoms with E-state index in [0.717, 1.165) is 18.4 Å². The third kappa shape index (κ3) is 2.75. The van der Waals surface area contributed by atoms with Crippen LogP contribution >= 0.6 is 0 Å². The predicted molar refractivity (Wildman–Crippen MR) is 70.1 cm³/mol. The maximum atomic E-state index is 13.6. The molecular weight excluding hydrogens is 213 g/mol. The minimum absolute atomic E-state index is 0.0816. The molecule has 1 aliphatic carbocycles. The van der Waals surface area contributed by atoms with Gasteiger partial charge in [-0.3, -0.25) is 0 Å². The van der Waals surface area contributed by atoms with Gasteiger partial charge in [0.1, 0.15) is 5.82 Å². The first-order chi connectivity index (χ1) is 7.87. The second-order valence-electron chi connectivity index (χ2n) is 5.86. The van der Waals surface area contributed by atoms with Gasteiger partial charge in [-0.2, -0.15) is 0 Å². The molecule has 1 atom stereocenters. The Labute approximate surface area is 103 Å². The van der Waals surface area contributed by atoms with E-state index < -0.39 is 0 Å². The van der Waals surface area contributed by atoms with Crippen LogP contribution in [0.3, 0.4) is 0 Å². The van der Waals surface area contributed by atoms with Gasteiger partial charge < -0.3 is 5.73 Å². The highest BCUT2D eigenvalue weighted by Crippen LogP contribution is 2.39. The Hall–Kier alpha value is -1.15. The molecule has 1 nitrogen and oxygen atoms in total. The molecule has 0 spiro atoms. The maximum absolute atomic E-state index is 13.6. The highest BCUT2D eigenvalue weighted by molar-refractivity contribution is 5.68. The fourth-order valence-corrected chi connectivity index (χ4v) is 2.59. The van der Waals surface area contributed by atoms with Gasteiger partial charge in [0.15, 0.2) is 0 Å². The molecule has 1 unspecified atom stereocenters. The summed E-state index contributed by atoms with van der Waals surface area (Å²) >= 11 is 0. The normalized spacial score (nSPS) is 23.4. The first-order valence-electron chi connectivity index (χ1n) is 6.10. The molecule has 17 heavy (non-hydrogen) atoms. The van der Waals surface area contributed by atoms with Crippen LogP contribution in [0.4, 0.5) is 4.39 Å². The van der Waals surface area contributed by atoms with Gasteiger partial charge in [0.05, 0.1) is 0 Å². The van der Waals surface area contributed by atoms with Gasteiger partial charge in [-0.25, -0.2) is 4.39 Å². The van der Waals surface area contributed by atoms with E-state index in [1.807, 2.05) is 12.1 Å². The monoisotopic (exact) mass is 233 g/mol. The van der Waals surface area contributed by atoms with E-state index in [-0.39, 0.29) is 17.3 Å². The van der Waals surface area contributed by atoms with Crippen LogP contribution in [0.1, 0.15) is 37.8 Å². The molecule has 2 N–H and O–H groups in total. The average molecular weight is 233 g/mol. The summed E-state index contributed by atoms with van der Waals surface area (Å²) in [6.45, 7) is 6.21. The van der Waals surface area contributed by atoms with Gasteiger partial charge in [0.2, 0.25) is 0 Å². The van der Waals surface area contributed by atoms with Crippen LogP contribution in [0.15, 0.2) is 24.3 Å². The lowest BCUT2D eigenvalue weighted by atomic mass is 9.74. The molecule has 1 aromatic rings. The minimum Gasteiger partial charge on any atom is -0.324 e. The van der Waals surface area contributed by atoms with Crippen molar-refractivity contribution in [3.63, 3.8) is 0 Å². The maximum Gasteiger partial charge on any atom is 0.126 e. The van der Waals surface area contributed by atoms with Gasteiger partial charge in [0.25, 0.3) is 0 Å². The Kier molecular flexibility index (Phi) is 3.09. The average Bonchev–Trinajstić information content (AvgIpc) is 2.19. The summed E-state index contributed by atoms with van der Waals surface area (Å²) in [6, 6.07) is 5.52. The molecule has 0 radical (unpaired) electrons. The number of nitrogens with two attached hydrogens (primary N) is 1. The number of aryl methyl sites for hydroxylation is 1. The lowest BCUT2D eigenvalue weighted by Gasteiger charge is -2.33. The first-order valence-corrected chi connectivity index (χ1v) is 6.10. The predicted octanol–water partition coefficient (Wildman–Crippen LogP) is 3.66. The van der Waals surface area contributed by atoms with Crippen molar-refractivity contribution in [2.45, 2.75) is 39.7 Å². The topological polar surface area (TPSA) is 26.0 Å². The Balaban J connectivity index is 2.36. The number of hydrogen-bond acceptors (Lipinski definition) is 1. The van der Waals surface area contributed by atoms with E-state index in [2.05, 4.69) is 19.9 Å². The third-order valence-corrected chi connectivity index (χ3v) is 3.42. The molecule has 1 aliphatic rings. The molecule has 2 rings (SSSR count). The van der Waals surface area contributed by atoms with Crippen molar-refractivity contribution in [1.29, 1.82) is 0 Å². The summed E-state index contributed by atoms with van der Waals surface area (Å²) in [7, 11) is 0. The summed E-state index contributed by atoms with van der Waals surface area (Å²) in [6.07, 6.45) is 4.03. The van der Waals surface area contributed by atoms with Crippen molar-refractivity contribution < 1.29 is 4.39 Å². The largest absolute Gasteiger partial charge is 0.324 e. The van der Waals surface area contributed by atoms with E-state index in [1.54, 1.807) is 13.0 Å². The number of benzene rings is 1. The SMILES string of the molecule is Cc1ccc(C2=CC(N)CC(C)(C)C2)cc1F. The number of rotatable bonds is 1. The van der Waals surface area contributed by atoms with Gasteiger partial charge in [-0.1, -0.05) is 32.1 Å². The standard InChI is InChI=1S/C15H20FN/c1-10-4-5-11(7-14(10)16)12-6-13(17)9-15(2,3)8-12/h4-7,13H,8-9,17H2,1-3H3. The summed E-state index contributed by atoms with van der Waals surface area (Å²) in [4.78, 5) is 0. The molecule has 0 bridgehead atoms. The molecular formula is C15H20FN. The van der Waals surface area contributed by atoms with Crippen molar-refractivity contribution in [2.75, 3.05) is 0 Å². The van der Waals surface area contributed by atoms with Gasteiger partial charge >= 0.3 is 0 Å². The van der Waals surface area contributed by atoms with Gasteiger partial charge in [-0.05, 0) is 47.9 Å². The van der Waals surface area contributed by atoms with Crippen LogP contribution in [0.5, 0.6) is 0 Å². The Morgan fingerprint density at radius 3 is 2.65 bits per heavy atom. The molecule has 0 saturated heterocycles. The smallest absolute Gasteiger partial charge is 0.126 e. The van der Waals surface area contributed by atoms with Crippen LogP contribution in [-0.2, 0) is 0 Å². The van der Waals surface area contributed by atoms with E-state index in [4.69, 9.17) is 5.73 Å². The highest BCUT2D eigenvalue weighted by Gasteiger charge is 2.27. The molecule has 2 heteroatoms. The summed E-state index contributed by atoms with van der Waals surface area (Å²) in [5, 5.41) is 0. The van der Waals surface area contributed by atoms with Crippen molar-refractivity contribution in [3.8, 4) is 0 Å². The lowest BCUT2D eigenvalue weighted by molar-refractivity contribution is 0.318. The van der Waals surface area contributed by atoms with Crippen LogP contribution in [0.2, 0.25) is 0 Å². The molecule has 0 fully saturated rings. The van der Waals surface area contributed by atoms with Crippen LogP contribution in [-0.4, -0.2) is 6.04 Å². The number of hydrogen-bond donors (Lipinski definition) is 1. The zero-order valence-electron chi connectivity index (χ0n) is 10.8. The Morgan fingerprint density at radius 2 is 2.06 bits per heavy atom. The minimum atomic E-state index is -0.139. The molecule has 0 saturated carbocycles. The second kappa shape index (κ2) is 4.26. The van der Waals surface area contributed by atoms with Gasteiger partial charge in [0, 0.05) is 6.04 Å². The van der Waals surface area contributed by atoms with Crippen LogP contribution in [0.25, 0.3) is 5.57 Å². The zero-order valence-corrected chi connectivity index (χ0v) is 10.8. The summed E-state index contributed by atoms with van der Waals surface area (Å²) in [5.74, 6) is -0.139. The van der Waals surface area contributed by atoms with Gasteiger partial charge in [-0.15, -0.1) is 0 Å². The van der Waals surface area contributed by atoms with Crippen LogP contribution < -0.4 is 5.73 Å². The fraction of sp³-hybridized carbons (Fsp3) is 0.467. The molecule has 0 aromatic heterocycles. The van der Waals surface area contributed by atoms with E-state index in [1.165, 1.54) is 5.57 Å². The van der Waals surface area contributed by atoms with Crippen molar-refractivity contribution in [3.05, 3.63) is 41.2 Å². The van der Waals surface area contributed by atoms with E-state index >= 15 is 0 Å². The van der Waals surface area contributed by atoms with E-state index in [9.17, 15) is 4.39 Å². The van der Waals surface area contributed by atoms with Crippen LogP contribution in [0, 0.1) is 18.2 Å². The quantitative estimate of drug-likeness (QED) is 0.787. The Bertz CT molecular complexity index is 460. The highest BCUT2D eigenvalue weighted by atomic mass is 19.1. The molecule has 92 valence electrons. The van der Waals surface area contributed by atoms with Crippen molar-refractivity contribution in [1.82, 2.24) is 0 Å². The van der Waals surface area contributed by atoms with Crippen molar-refractivity contribution >= 4 is 5.57 Å². The lowest BCUT2D eigenvalue weighted by Crippen LogP contribution is -2.30. The first kappa shape index (κ1) is 12.3. The Morgan fingerprint density at radius 1 is 1.35 bits per heavy atom. The molecule has 0 aliphatic heterocycles. The number of halogens is 1. The van der Waals surface area contributed by atoms with E-state index in [0.29, 0.717) is 5.56 Å². The molecule has 0 amide bonds. The molecule has 0 heterocycles. The number of allylic oxidation sites excluding steroid dienone is 1. The molecule has 1 aromatic carbocycles. The summed E-state index contributed by atoms with van der Waals surface area (Å²) in [5.41, 5.74) is 9.07. The summed E-state index contributed by atoms with van der Waals surface area (Å²) < 4.78 is 13.6. The fourth-order valence-electron chi connectivity index (χ4n) is 2.59.